The highest BCUT2D eigenvalue weighted by Crippen LogP contribution is 2.22. The summed E-state index contributed by atoms with van der Waals surface area (Å²) in [5, 5.41) is 2.98. The Hall–Kier alpha value is -2.73. The summed E-state index contributed by atoms with van der Waals surface area (Å²) >= 11 is 0. The minimum atomic E-state index is 0.0749. The van der Waals surface area contributed by atoms with E-state index in [1.807, 2.05) is 41.1 Å². The number of likely N-dealkylation sites (tertiary alicyclic amines) is 1. The number of piperidine rings is 1. The Labute approximate surface area is 146 Å². The van der Waals surface area contributed by atoms with E-state index < -0.39 is 0 Å². The van der Waals surface area contributed by atoms with E-state index in [0.717, 1.165) is 42.7 Å². The Morgan fingerprint density at radius 3 is 2.60 bits per heavy atom. The van der Waals surface area contributed by atoms with Crippen molar-refractivity contribution in [1.82, 2.24) is 19.3 Å². The molecule has 3 aromatic rings. The number of nitrogens with zero attached hydrogens (tertiary/aromatic N) is 4. The molecule has 1 amide bonds. The number of rotatable bonds is 3. The highest BCUT2D eigenvalue weighted by molar-refractivity contribution is 5.92. The molecule has 4 rings (SSSR count). The number of nitrogens with one attached hydrogen (secondary N) is 1. The number of fused-ring (bicyclic) bond motifs is 1. The predicted octanol–water partition coefficient (Wildman–Crippen LogP) is 2.68. The molecule has 0 saturated carbocycles. The molecule has 3 aromatic heterocycles. The quantitative estimate of drug-likeness (QED) is 0.799. The number of pyridine rings is 2. The lowest BCUT2D eigenvalue weighted by molar-refractivity contribution is -0.121. The molecule has 0 radical (unpaired) electrons. The largest absolute Gasteiger partial charge is 0.309 e. The van der Waals surface area contributed by atoms with Crippen LogP contribution in [0, 0.1) is 5.92 Å². The van der Waals surface area contributed by atoms with Gasteiger partial charge in [-0.25, -0.2) is 4.98 Å². The van der Waals surface area contributed by atoms with Crippen LogP contribution in [0.5, 0.6) is 0 Å². The summed E-state index contributed by atoms with van der Waals surface area (Å²) in [4.78, 5) is 23.3. The highest BCUT2D eigenvalue weighted by Gasteiger charge is 2.23. The number of aromatic nitrogens is 3. The van der Waals surface area contributed by atoms with Crippen LogP contribution in [0.2, 0.25) is 0 Å². The van der Waals surface area contributed by atoms with Crippen LogP contribution in [-0.2, 0) is 4.79 Å². The van der Waals surface area contributed by atoms with Crippen molar-refractivity contribution in [2.75, 3.05) is 25.5 Å². The number of hydrogen-bond donors (Lipinski definition) is 1. The first-order valence-corrected chi connectivity index (χ1v) is 8.57. The second-order valence-corrected chi connectivity index (χ2v) is 6.61. The van der Waals surface area contributed by atoms with Crippen molar-refractivity contribution in [3.05, 3.63) is 49.1 Å². The van der Waals surface area contributed by atoms with Gasteiger partial charge in [-0.3, -0.25) is 9.78 Å². The van der Waals surface area contributed by atoms with Gasteiger partial charge in [0, 0.05) is 24.5 Å². The lowest BCUT2D eigenvalue weighted by atomic mass is 9.96. The molecule has 1 aliphatic rings. The average Bonchev–Trinajstić information content (AvgIpc) is 3.04. The van der Waals surface area contributed by atoms with Gasteiger partial charge in [-0.2, -0.15) is 0 Å². The predicted molar refractivity (Wildman–Crippen MR) is 97.3 cm³/mol. The van der Waals surface area contributed by atoms with Crippen molar-refractivity contribution in [2.24, 2.45) is 5.92 Å². The summed E-state index contributed by atoms with van der Waals surface area (Å²) in [6.07, 6.45) is 9.25. The van der Waals surface area contributed by atoms with Gasteiger partial charge in [-0.15, -0.1) is 0 Å². The fourth-order valence-electron chi connectivity index (χ4n) is 3.27. The highest BCUT2D eigenvalue weighted by atomic mass is 16.2. The van der Waals surface area contributed by atoms with Crippen molar-refractivity contribution in [1.29, 1.82) is 0 Å². The smallest absolute Gasteiger partial charge is 0.228 e. The fourth-order valence-corrected chi connectivity index (χ4v) is 3.27. The van der Waals surface area contributed by atoms with Crippen LogP contribution < -0.4 is 5.32 Å². The standard InChI is InChI=1S/C19H21N5O/c1-23-10-6-15(7-11-23)19(25)22-17-13-24-12-16(2-3-18(24)21-17)14-4-8-20-9-5-14/h2-5,8-9,12-13,15H,6-7,10-11H2,1H3,(H,22,25). The molecule has 128 valence electrons. The third-order valence-electron chi connectivity index (χ3n) is 4.81. The molecule has 0 aromatic carbocycles. The number of imidazole rings is 1. The van der Waals surface area contributed by atoms with Gasteiger partial charge in [0.2, 0.25) is 5.91 Å². The van der Waals surface area contributed by atoms with Gasteiger partial charge in [-0.05, 0) is 68.4 Å². The third-order valence-corrected chi connectivity index (χ3v) is 4.81. The maximum atomic E-state index is 12.5. The maximum absolute atomic E-state index is 12.5. The summed E-state index contributed by atoms with van der Waals surface area (Å²) in [6.45, 7) is 1.94. The molecule has 4 heterocycles. The zero-order chi connectivity index (χ0) is 17.2. The second-order valence-electron chi connectivity index (χ2n) is 6.61. The zero-order valence-corrected chi connectivity index (χ0v) is 14.2. The number of anilines is 1. The minimum absolute atomic E-state index is 0.0749. The van der Waals surface area contributed by atoms with Crippen molar-refractivity contribution >= 4 is 17.4 Å². The van der Waals surface area contributed by atoms with Crippen LogP contribution >= 0.6 is 0 Å². The SMILES string of the molecule is CN1CCC(C(=O)Nc2cn3cc(-c4ccncc4)ccc3n2)CC1. The Morgan fingerprint density at radius 1 is 1.08 bits per heavy atom. The van der Waals surface area contributed by atoms with E-state index in [9.17, 15) is 4.79 Å². The maximum Gasteiger partial charge on any atom is 0.228 e. The van der Waals surface area contributed by atoms with Crippen molar-refractivity contribution in [3.63, 3.8) is 0 Å². The molecule has 1 fully saturated rings. The van der Waals surface area contributed by atoms with Crippen LogP contribution in [0.4, 0.5) is 5.82 Å². The summed E-state index contributed by atoms with van der Waals surface area (Å²) in [5.41, 5.74) is 3.00. The van der Waals surface area contributed by atoms with Crippen LogP contribution in [0.25, 0.3) is 16.8 Å². The van der Waals surface area contributed by atoms with Gasteiger partial charge < -0.3 is 14.6 Å². The number of carbonyl (C=O) groups is 1. The van der Waals surface area contributed by atoms with Crippen LogP contribution in [0.1, 0.15) is 12.8 Å². The first kappa shape index (κ1) is 15.8. The molecule has 0 spiro atoms. The molecular weight excluding hydrogens is 314 g/mol. The molecule has 0 atom stereocenters. The van der Waals surface area contributed by atoms with Gasteiger partial charge >= 0.3 is 0 Å². The molecule has 1 aliphatic heterocycles. The van der Waals surface area contributed by atoms with Gasteiger partial charge in [0.25, 0.3) is 0 Å². The Morgan fingerprint density at radius 2 is 1.84 bits per heavy atom. The molecule has 0 unspecified atom stereocenters. The average molecular weight is 335 g/mol. The monoisotopic (exact) mass is 335 g/mol. The number of amides is 1. The molecule has 1 saturated heterocycles. The Kier molecular flexibility index (Phi) is 4.19. The fraction of sp³-hybridized carbons (Fsp3) is 0.316. The van der Waals surface area contributed by atoms with Gasteiger partial charge in [0.15, 0.2) is 5.82 Å². The third kappa shape index (κ3) is 3.39. The van der Waals surface area contributed by atoms with Crippen LogP contribution in [0.3, 0.4) is 0 Å². The molecule has 0 aliphatic carbocycles. The zero-order valence-electron chi connectivity index (χ0n) is 14.2. The molecule has 6 heteroatoms. The Bertz CT molecular complexity index is 881. The van der Waals surface area contributed by atoms with E-state index in [2.05, 4.69) is 27.2 Å². The van der Waals surface area contributed by atoms with E-state index >= 15 is 0 Å². The molecule has 1 N–H and O–H groups in total. The normalized spacial score (nSPS) is 16.2. The summed E-state index contributed by atoms with van der Waals surface area (Å²) < 4.78 is 1.94. The minimum Gasteiger partial charge on any atom is -0.309 e. The van der Waals surface area contributed by atoms with Crippen molar-refractivity contribution in [3.8, 4) is 11.1 Å². The van der Waals surface area contributed by atoms with Crippen molar-refractivity contribution in [2.45, 2.75) is 12.8 Å². The molecule has 25 heavy (non-hydrogen) atoms. The Balaban J connectivity index is 1.52. The lowest BCUT2D eigenvalue weighted by Crippen LogP contribution is -2.35. The van der Waals surface area contributed by atoms with Crippen LogP contribution in [-0.4, -0.2) is 45.3 Å². The van der Waals surface area contributed by atoms with E-state index in [1.165, 1.54) is 0 Å². The molecule has 6 nitrogen and oxygen atoms in total. The summed E-state index contributed by atoms with van der Waals surface area (Å²) in [5.74, 6) is 0.759. The van der Waals surface area contributed by atoms with E-state index in [0.29, 0.717) is 5.82 Å². The summed E-state index contributed by atoms with van der Waals surface area (Å²) in [6, 6.07) is 7.93. The van der Waals surface area contributed by atoms with E-state index in [-0.39, 0.29) is 11.8 Å². The first-order chi connectivity index (χ1) is 12.2. The summed E-state index contributed by atoms with van der Waals surface area (Å²) in [7, 11) is 2.09. The number of hydrogen-bond acceptors (Lipinski definition) is 4. The van der Waals surface area contributed by atoms with Gasteiger partial charge in [-0.1, -0.05) is 0 Å². The van der Waals surface area contributed by atoms with Gasteiger partial charge in [0.05, 0.1) is 6.20 Å². The second kappa shape index (κ2) is 6.64. The van der Waals surface area contributed by atoms with Gasteiger partial charge in [0.1, 0.15) is 5.65 Å². The topological polar surface area (TPSA) is 62.5 Å². The molecular formula is C19H21N5O. The van der Waals surface area contributed by atoms with E-state index in [1.54, 1.807) is 12.4 Å². The number of carbonyl (C=O) groups excluding carboxylic acids is 1. The first-order valence-electron chi connectivity index (χ1n) is 8.57. The van der Waals surface area contributed by atoms with Crippen molar-refractivity contribution < 1.29 is 4.79 Å². The molecule has 0 bridgehead atoms. The lowest BCUT2D eigenvalue weighted by Gasteiger charge is -2.27. The van der Waals surface area contributed by atoms with Crippen LogP contribution in [0.15, 0.2) is 49.1 Å². The van der Waals surface area contributed by atoms with E-state index in [4.69, 9.17) is 0 Å².